The van der Waals surface area contributed by atoms with E-state index in [1.165, 1.54) is 0 Å². The maximum Gasteiger partial charge on any atom is 0.142 e. The summed E-state index contributed by atoms with van der Waals surface area (Å²) in [4.78, 5) is 3.99. The molecule has 1 radical (unpaired) electrons. The Labute approximate surface area is 87.2 Å². The smallest absolute Gasteiger partial charge is 0.142 e. The fourth-order valence-corrected chi connectivity index (χ4v) is 1.67. The van der Waals surface area contributed by atoms with E-state index in [0.29, 0.717) is 0 Å². The molecule has 3 rings (SSSR count). The Morgan fingerprint density at radius 3 is 2.80 bits per heavy atom. The minimum absolute atomic E-state index is 0.878. The van der Waals surface area contributed by atoms with Gasteiger partial charge >= 0.3 is 0 Å². The Hall–Kier alpha value is -2.09. The second kappa shape index (κ2) is 3.24. The lowest BCUT2D eigenvalue weighted by Crippen LogP contribution is -1.79. The number of hydrogen-bond donors (Lipinski definition) is 0. The molecule has 0 aliphatic heterocycles. The molecule has 0 fully saturated rings. The SMILES string of the molecule is [c]1ccc2ccoc2c1-c1ccncc1. The Morgan fingerprint density at radius 1 is 1.07 bits per heavy atom. The summed E-state index contributed by atoms with van der Waals surface area (Å²) in [6.45, 7) is 0. The molecule has 2 aromatic heterocycles. The third-order valence-corrected chi connectivity index (χ3v) is 2.38. The summed E-state index contributed by atoms with van der Waals surface area (Å²) < 4.78 is 5.45. The molecule has 1 aromatic carbocycles. The largest absolute Gasteiger partial charge is 0.464 e. The lowest BCUT2D eigenvalue weighted by Gasteiger charge is -2.00. The molecule has 0 bridgehead atoms. The summed E-state index contributed by atoms with van der Waals surface area (Å²) in [7, 11) is 0. The molecule has 0 atom stereocenters. The van der Waals surface area contributed by atoms with Crippen LogP contribution in [-0.2, 0) is 0 Å². The van der Waals surface area contributed by atoms with Crippen LogP contribution in [0, 0.1) is 6.07 Å². The molecule has 71 valence electrons. The van der Waals surface area contributed by atoms with Crippen molar-refractivity contribution in [1.82, 2.24) is 4.98 Å². The normalized spacial score (nSPS) is 10.7. The van der Waals surface area contributed by atoms with Crippen molar-refractivity contribution in [2.45, 2.75) is 0 Å². The highest BCUT2D eigenvalue weighted by molar-refractivity contribution is 5.91. The zero-order chi connectivity index (χ0) is 10.1. The molecule has 0 spiro atoms. The molecule has 0 unspecified atom stereocenters. The lowest BCUT2D eigenvalue weighted by molar-refractivity contribution is 0.617. The predicted molar refractivity (Wildman–Crippen MR) is 58.3 cm³/mol. The van der Waals surface area contributed by atoms with E-state index >= 15 is 0 Å². The minimum atomic E-state index is 0.878. The monoisotopic (exact) mass is 194 g/mol. The first-order valence-electron chi connectivity index (χ1n) is 4.73. The van der Waals surface area contributed by atoms with Gasteiger partial charge in [0.25, 0.3) is 0 Å². The summed E-state index contributed by atoms with van der Waals surface area (Å²) in [5, 5.41) is 1.10. The number of nitrogens with zero attached hydrogens (tertiary/aromatic N) is 1. The first kappa shape index (κ1) is 8.24. The first-order chi connectivity index (χ1) is 7.45. The number of fused-ring (bicyclic) bond motifs is 1. The van der Waals surface area contributed by atoms with Crippen molar-refractivity contribution in [2.75, 3.05) is 0 Å². The summed E-state index contributed by atoms with van der Waals surface area (Å²) in [6.07, 6.45) is 5.24. The van der Waals surface area contributed by atoms with Gasteiger partial charge < -0.3 is 4.42 Å². The number of aromatic nitrogens is 1. The van der Waals surface area contributed by atoms with Gasteiger partial charge in [-0.3, -0.25) is 4.98 Å². The molecule has 0 aliphatic rings. The summed E-state index contributed by atoms with van der Waals surface area (Å²) >= 11 is 0. The van der Waals surface area contributed by atoms with E-state index in [9.17, 15) is 0 Å². The van der Waals surface area contributed by atoms with E-state index in [4.69, 9.17) is 4.42 Å². The molecule has 0 aliphatic carbocycles. The maximum absolute atomic E-state index is 5.45. The molecule has 2 nitrogen and oxygen atoms in total. The van der Waals surface area contributed by atoms with Gasteiger partial charge in [-0.05, 0) is 29.8 Å². The molecule has 15 heavy (non-hydrogen) atoms. The van der Waals surface area contributed by atoms with Crippen molar-refractivity contribution in [3.05, 3.63) is 55.1 Å². The Kier molecular flexibility index (Phi) is 1.78. The molecule has 2 heteroatoms. The molecule has 3 aromatic rings. The Balaban J connectivity index is 2.31. The van der Waals surface area contributed by atoms with Crippen molar-refractivity contribution in [1.29, 1.82) is 0 Å². The molecule has 0 saturated heterocycles. The standard InChI is InChI=1S/C13H8NO/c1-2-11-6-9-15-13(11)12(3-1)10-4-7-14-8-5-10/h1-2,4-9H. The van der Waals surface area contributed by atoms with Crippen molar-refractivity contribution in [3.63, 3.8) is 0 Å². The van der Waals surface area contributed by atoms with Crippen molar-refractivity contribution >= 4 is 11.0 Å². The molecular formula is C13H8NO. The highest BCUT2D eigenvalue weighted by atomic mass is 16.3. The van der Waals surface area contributed by atoms with E-state index in [0.717, 1.165) is 22.1 Å². The summed E-state index contributed by atoms with van der Waals surface area (Å²) in [5.41, 5.74) is 2.94. The second-order valence-corrected chi connectivity index (χ2v) is 3.29. The molecule has 0 saturated carbocycles. The van der Waals surface area contributed by atoms with Gasteiger partial charge in [0.15, 0.2) is 0 Å². The van der Waals surface area contributed by atoms with E-state index in [1.807, 2.05) is 30.3 Å². The third kappa shape index (κ3) is 1.31. The second-order valence-electron chi connectivity index (χ2n) is 3.29. The van der Waals surface area contributed by atoms with E-state index in [2.05, 4.69) is 11.1 Å². The van der Waals surface area contributed by atoms with Crippen LogP contribution >= 0.6 is 0 Å². The number of pyridine rings is 1. The van der Waals surface area contributed by atoms with Crippen molar-refractivity contribution in [2.24, 2.45) is 0 Å². The van der Waals surface area contributed by atoms with Crippen LogP contribution in [0.4, 0.5) is 0 Å². The quantitative estimate of drug-likeness (QED) is 0.594. The van der Waals surface area contributed by atoms with Crippen molar-refractivity contribution < 1.29 is 4.42 Å². The maximum atomic E-state index is 5.45. The van der Waals surface area contributed by atoms with Gasteiger partial charge in [0.2, 0.25) is 0 Å². The van der Waals surface area contributed by atoms with Crippen LogP contribution in [0.3, 0.4) is 0 Å². The van der Waals surface area contributed by atoms with Gasteiger partial charge in [-0.2, -0.15) is 0 Å². The number of benzene rings is 1. The first-order valence-corrected chi connectivity index (χ1v) is 4.73. The molecular weight excluding hydrogens is 186 g/mol. The Morgan fingerprint density at radius 2 is 1.93 bits per heavy atom. The number of furan rings is 1. The average Bonchev–Trinajstić information content (AvgIpc) is 2.78. The molecule has 0 N–H and O–H groups in total. The zero-order valence-electron chi connectivity index (χ0n) is 7.97. The van der Waals surface area contributed by atoms with Crippen LogP contribution in [-0.4, -0.2) is 4.98 Å². The predicted octanol–water partition coefficient (Wildman–Crippen LogP) is 3.29. The van der Waals surface area contributed by atoms with Gasteiger partial charge in [0.05, 0.1) is 6.26 Å². The summed E-state index contributed by atoms with van der Waals surface area (Å²) in [5.74, 6) is 0. The van der Waals surface area contributed by atoms with Crippen molar-refractivity contribution in [3.8, 4) is 11.1 Å². The van der Waals surface area contributed by atoms with Crippen LogP contribution in [0.5, 0.6) is 0 Å². The third-order valence-electron chi connectivity index (χ3n) is 2.38. The highest BCUT2D eigenvalue weighted by Gasteiger charge is 2.05. The number of rotatable bonds is 1. The summed E-state index contributed by atoms with van der Waals surface area (Å²) in [6, 6.07) is 12.9. The van der Waals surface area contributed by atoms with Gasteiger partial charge in [0, 0.05) is 23.3 Å². The van der Waals surface area contributed by atoms with Gasteiger partial charge in [-0.25, -0.2) is 0 Å². The van der Waals surface area contributed by atoms with Gasteiger partial charge in [0.1, 0.15) is 5.58 Å². The van der Waals surface area contributed by atoms with E-state index in [1.54, 1.807) is 18.7 Å². The fourth-order valence-electron chi connectivity index (χ4n) is 1.67. The van der Waals surface area contributed by atoms with Crippen LogP contribution in [0.2, 0.25) is 0 Å². The zero-order valence-corrected chi connectivity index (χ0v) is 7.97. The number of hydrogen-bond acceptors (Lipinski definition) is 2. The van der Waals surface area contributed by atoms with Gasteiger partial charge in [-0.15, -0.1) is 0 Å². The van der Waals surface area contributed by atoms with Crippen LogP contribution < -0.4 is 0 Å². The highest BCUT2D eigenvalue weighted by Crippen LogP contribution is 2.28. The van der Waals surface area contributed by atoms with Gasteiger partial charge in [-0.1, -0.05) is 12.1 Å². The molecule has 0 amide bonds. The molecule has 2 heterocycles. The Bertz CT molecular complexity index is 584. The van der Waals surface area contributed by atoms with Crippen LogP contribution in [0.25, 0.3) is 22.1 Å². The topological polar surface area (TPSA) is 26.0 Å². The van der Waals surface area contributed by atoms with Crippen LogP contribution in [0.1, 0.15) is 0 Å². The average molecular weight is 194 g/mol. The van der Waals surface area contributed by atoms with E-state index < -0.39 is 0 Å². The fraction of sp³-hybridized carbons (Fsp3) is 0. The lowest BCUT2D eigenvalue weighted by atomic mass is 10.1. The van der Waals surface area contributed by atoms with Crippen LogP contribution in [0.15, 0.2) is 53.4 Å². The minimum Gasteiger partial charge on any atom is -0.464 e. The van der Waals surface area contributed by atoms with E-state index in [-0.39, 0.29) is 0 Å².